The van der Waals surface area contributed by atoms with Crippen molar-refractivity contribution in [2.75, 3.05) is 6.61 Å². The number of hydrogen-bond donors (Lipinski definition) is 0. The topological polar surface area (TPSA) is 35.5 Å². The lowest BCUT2D eigenvalue weighted by molar-refractivity contribution is -0.148. The van der Waals surface area contributed by atoms with Gasteiger partial charge in [-0.25, -0.2) is 4.39 Å². The van der Waals surface area contributed by atoms with Gasteiger partial charge in [-0.2, -0.15) is 0 Å². The maximum Gasteiger partial charge on any atom is 0.303 e. The zero-order valence-corrected chi connectivity index (χ0v) is 7.96. The summed E-state index contributed by atoms with van der Waals surface area (Å²) in [5.74, 6) is -0.451. The van der Waals surface area contributed by atoms with Crippen molar-refractivity contribution in [2.45, 2.75) is 45.1 Å². The highest BCUT2D eigenvalue weighted by molar-refractivity contribution is 5.66. The van der Waals surface area contributed by atoms with Gasteiger partial charge in [0.25, 0.3) is 0 Å². The molecule has 0 spiro atoms. The van der Waals surface area contributed by atoms with E-state index in [1.807, 2.05) is 6.92 Å². The summed E-state index contributed by atoms with van der Waals surface area (Å²) in [6, 6.07) is 0. The first-order valence-electron chi connectivity index (χ1n) is 4.58. The summed E-state index contributed by atoms with van der Waals surface area (Å²) in [7, 11) is 0. The molecule has 1 rings (SSSR count). The van der Waals surface area contributed by atoms with Crippen LogP contribution in [0.1, 0.15) is 26.7 Å². The van der Waals surface area contributed by atoms with E-state index in [-0.39, 0.29) is 6.61 Å². The second kappa shape index (κ2) is 4.56. The minimum absolute atomic E-state index is 0.186. The molecule has 0 bridgehead atoms. The lowest BCUT2D eigenvalue weighted by atomic mass is 10.1. The van der Waals surface area contributed by atoms with Gasteiger partial charge in [0.1, 0.15) is 0 Å². The quantitative estimate of drug-likeness (QED) is 0.632. The molecule has 3 nitrogen and oxygen atoms in total. The minimum Gasteiger partial charge on any atom is -0.457 e. The monoisotopic (exact) mass is 190 g/mol. The molecule has 4 heteroatoms. The van der Waals surface area contributed by atoms with Gasteiger partial charge in [-0.05, 0) is 6.42 Å². The number of rotatable bonds is 3. The van der Waals surface area contributed by atoms with Gasteiger partial charge in [0.15, 0.2) is 12.3 Å². The van der Waals surface area contributed by atoms with Crippen molar-refractivity contribution in [2.24, 2.45) is 0 Å². The molecule has 0 amide bonds. The van der Waals surface area contributed by atoms with Gasteiger partial charge in [-0.1, -0.05) is 13.3 Å². The van der Waals surface area contributed by atoms with Crippen LogP contribution in [0.2, 0.25) is 0 Å². The largest absolute Gasteiger partial charge is 0.457 e. The highest BCUT2D eigenvalue weighted by Gasteiger charge is 2.38. The van der Waals surface area contributed by atoms with Gasteiger partial charge in [0, 0.05) is 6.92 Å². The van der Waals surface area contributed by atoms with Crippen LogP contribution in [0.3, 0.4) is 0 Å². The van der Waals surface area contributed by atoms with Crippen LogP contribution in [0.15, 0.2) is 0 Å². The fraction of sp³-hybridized carbons (Fsp3) is 0.889. The van der Waals surface area contributed by atoms with Gasteiger partial charge in [0.05, 0.1) is 12.7 Å². The fourth-order valence-corrected chi connectivity index (χ4v) is 1.48. The molecule has 0 saturated carbocycles. The first kappa shape index (κ1) is 10.4. The van der Waals surface area contributed by atoms with Crippen LogP contribution in [0.4, 0.5) is 4.39 Å². The van der Waals surface area contributed by atoms with E-state index in [1.54, 1.807) is 0 Å². The Labute approximate surface area is 77.2 Å². The number of alkyl halides is 1. The second-order valence-electron chi connectivity index (χ2n) is 3.25. The standard InChI is InChI=1S/C9H15FO3/c1-3-4-7-9(10)8(5-12-7)13-6(2)11/h7-9H,3-5H2,1-2H3/t7-,8+,9+/m1/s1. The van der Waals surface area contributed by atoms with Crippen LogP contribution in [0.25, 0.3) is 0 Å². The lowest BCUT2D eigenvalue weighted by Gasteiger charge is -2.13. The van der Waals surface area contributed by atoms with Crippen molar-refractivity contribution in [3.05, 3.63) is 0 Å². The second-order valence-corrected chi connectivity index (χ2v) is 3.25. The van der Waals surface area contributed by atoms with Gasteiger partial charge in [-0.3, -0.25) is 4.79 Å². The smallest absolute Gasteiger partial charge is 0.303 e. The van der Waals surface area contributed by atoms with Gasteiger partial charge in [-0.15, -0.1) is 0 Å². The Balaban J connectivity index is 2.40. The molecule has 76 valence electrons. The number of hydrogen-bond acceptors (Lipinski definition) is 3. The summed E-state index contributed by atoms with van der Waals surface area (Å²) >= 11 is 0. The molecule has 0 aromatic rings. The van der Waals surface area contributed by atoms with E-state index in [0.717, 1.165) is 6.42 Å². The van der Waals surface area contributed by atoms with Crippen LogP contribution in [-0.4, -0.2) is 31.0 Å². The Morgan fingerprint density at radius 1 is 1.69 bits per heavy atom. The molecule has 1 saturated heterocycles. The third-order valence-electron chi connectivity index (χ3n) is 2.08. The average Bonchev–Trinajstić information content (AvgIpc) is 2.36. The zero-order valence-electron chi connectivity index (χ0n) is 7.96. The van der Waals surface area contributed by atoms with E-state index in [0.29, 0.717) is 6.42 Å². The summed E-state index contributed by atoms with van der Waals surface area (Å²) in [5.41, 5.74) is 0. The predicted octanol–water partition coefficient (Wildman–Crippen LogP) is 1.46. The normalized spacial score (nSPS) is 33.3. The number of carbonyl (C=O) groups is 1. The van der Waals surface area contributed by atoms with Gasteiger partial charge < -0.3 is 9.47 Å². The van der Waals surface area contributed by atoms with Crippen LogP contribution < -0.4 is 0 Å². The lowest BCUT2D eigenvalue weighted by Crippen LogP contribution is -2.29. The average molecular weight is 190 g/mol. The third-order valence-corrected chi connectivity index (χ3v) is 2.08. The highest BCUT2D eigenvalue weighted by Crippen LogP contribution is 2.23. The molecule has 3 atom stereocenters. The minimum atomic E-state index is -1.16. The SMILES string of the molecule is CCC[C@H]1OC[C@H](OC(C)=O)[C@H]1F. The third kappa shape index (κ3) is 2.66. The van der Waals surface area contributed by atoms with Gasteiger partial charge >= 0.3 is 5.97 Å². The Hall–Kier alpha value is -0.640. The first-order chi connectivity index (χ1) is 6.15. The molecular formula is C9H15FO3. The Kier molecular flexibility index (Phi) is 3.66. The molecule has 0 unspecified atom stereocenters. The maximum atomic E-state index is 13.4. The van der Waals surface area contributed by atoms with Gasteiger partial charge in [0.2, 0.25) is 0 Å². The molecule has 1 aliphatic heterocycles. The molecule has 1 heterocycles. The Morgan fingerprint density at radius 3 is 2.92 bits per heavy atom. The van der Waals surface area contributed by atoms with Crippen molar-refractivity contribution < 1.29 is 18.7 Å². The molecule has 0 aliphatic carbocycles. The van der Waals surface area contributed by atoms with E-state index in [4.69, 9.17) is 9.47 Å². The van der Waals surface area contributed by atoms with Crippen LogP contribution in [0.5, 0.6) is 0 Å². The van der Waals surface area contributed by atoms with Crippen LogP contribution in [0, 0.1) is 0 Å². The van der Waals surface area contributed by atoms with Crippen molar-refractivity contribution >= 4 is 5.97 Å². The summed E-state index contributed by atoms with van der Waals surface area (Å²) in [6.07, 6.45) is -0.705. The maximum absolute atomic E-state index is 13.4. The first-order valence-corrected chi connectivity index (χ1v) is 4.58. The van der Waals surface area contributed by atoms with E-state index >= 15 is 0 Å². The van der Waals surface area contributed by atoms with E-state index in [2.05, 4.69) is 0 Å². The van der Waals surface area contributed by atoms with E-state index in [9.17, 15) is 9.18 Å². The summed E-state index contributed by atoms with van der Waals surface area (Å²) in [5, 5.41) is 0. The summed E-state index contributed by atoms with van der Waals surface area (Å²) < 4.78 is 23.3. The number of carbonyl (C=O) groups excluding carboxylic acids is 1. The fourth-order valence-electron chi connectivity index (χ4n) is 1.48. The molecular weight excluding hydrogens is 175 g/mol. The Morgan fingerprint density at radius 2 is 2.38 bits per heavy atom. The summed E-state index contributed by atoms with van der Waals surface area (Å²) in [6.45, 7) is 3.43. The molecule has 1 fully saturated rings. The van der Waals surface area contributed by atoms with Crippen molar-refractivity contribution in [1.29, 1.82) is 0 Å². The van der Waals surface area contributed by atoms with E-state index in [1.165, 1.54) is 6.92 Å². The summed E-state index contributed by atoms with van der Waals surface area (Å²) in [4.78, 5) is 10.6. The molecule has 0 N–H and O–H groups in total. The Bertz CT molecular complexity index is 184. The molecule has 13 heavy (non-hydrogen) atoms. The molecule has 0 aromatic heterocycles. The van der Waals surface area contributed by atoms with Crippen molar-refractivity contribution in [3.63, 3.8) is 0 Å². The number of esters is 1. The van der Waals surface area contributed by atoms with Crippen LogP contribution in [-0.2, 0) is 14.3 Å². The van der Waals surface area contributed by atoms with Crippen molar-refractivity contribution in [3.8, 4) is 0 Å². The molecule has 0 radical (unpaired) electrons. The molecule has 0 aromatic carbocycles. The zero-order chi connectivity index (χ0) is 9.84. The van der Waals surface area contributed by atoms with Crippen LogP contribution >= 0.6 is 0 Å². The highest BCUT2D eigenvalue weighted by atomic mass is 19.1. The van der Waals surface area contributed by atoms with E-state index < -0.39 is 24.3 Å². The van der Waals surface area contributed by atoms with Crippen molar-refractivity contribution in [1.82, 2.24) is 0 Å². The number of ether oxygens (including phenoxy) is 2. The molecule has 1 aliphatic rings. The number of halogens is 1. The predicted molar refractivity (Wildman–Crippen MR) is 45.1 cm³/mol.